The van der Waals surface area contributed by atoms with Crippen LogP contribution in [-0.2, 0) is 6.54 Å². The summed E-state index contributed by atoms with van der Waals surface area (Å²) in [5.41, 5.74) is 2.41. The van der Waals surface area contributed by atoms with Crippen molar-refractivity contribution in [2.75, 3.05) is 25.5 Å². The minimum atomic E-state index is -0.191. The smallest absolute Gasteiger partial charge is 0.257 e. The molecule has 27 heavy (non-hydrogen) atoms. The van der Waals surface area contributed by atoms with Crippen LogP contribution in [0.5, 0.6) is 0 Å². The van der Waals surface area contributed by atoms with Crippen LogP contribution in [0.3, 0.4) is 0 Å². The van der Waals surface area contributed by atoms with Gasteiger partial charge in [0, 0.05) is 31.4 Å². The molecule has 0 spiro atoms. The second-order valence-electron chi connectivity index (χ2n) is 7.23. The van der Waals surface area contributed by atoms with Crippen molar-refractivity contribution >= 4 is 23.2 Å². The van der Waals surface area contributed by atoms with Gasteiger partial charge in [0.1, 0.15) is 0 Å². The summed E-state index contributed by atoms with van der Waals surface area (Å²) in [5.74, 6) is -0.191. The van der Waals surface area contributed by atoms with E-state index in [1.165, 1.54) is 25.7 Å². The maximum Gasteiger partial charge on any atom is 0.257 e. The number of rotatable bonds is 8. The molecule has 0 atom stereocenters. The second kappa shape index (κ2) is 9.88. The standard InChI is InChI=1S/C22H28ClN3O/c1-26(19-9-2-3-10-19)14-13-24-16-17-7-6-8-18(15-17)25-22(27)20-11-4-5-12-21(20)23/h4-8,11-12,15,19,24H,2-3,9-10,13-14,16H2,1H3,(H,25,27). The van der Waals surface area contributed by atoms with Gasteiger partial charge in [-0.3, -0.25) is 4.79 Å². The number of nitrogens with zero attached hydrogens (tertiary/aromatic N) is 1. The fraction of sp³-hybridized carbons (Fsp3) is 0.409. The van der Waals surface area contributed by atoms with Crippen molar-refractivity contribution in [1.82, 2.24) is 10.2 Å². The van der Waals surface area contributed by atoms with E-state index in [0.717, 1.165) is 36.9 Å². The molecule has 1 saturated carbocycles. The van der Waals surface area contributed by atoms with E-state index in [1.807, 2.05) is 30.3 Å². The van der Waals surface area contributed by atoms with Gasteiger partial charge in [-0.2, -0.15) is 0 Å². The number of hydrogen-bond donors (Lipinski definition) is 2. The van der Waals surface area contributed by atoms with Crippen molar-refractivity contribution in [3.05, 3.63) is 64.7 Å². The number of hydrogen-bond acceptors (Lipinski definition) is 3. The molecule has 0 unspecified atom stereocenters. The average molecular weight is 386 g/mol. The number of halogens is 1. The number of amides is 1. The lowest BCUT2D eigenvalue weighted by Crippen LogP contribution is -2.35. The number of likely N-dealkylation sites (N-methyl/N-ethyl adjacent to an activating group) is 1. The zero-order chi connectivity index (χ0) is 19.1. The van der Waals surface area contributed by atoms with Crippen molar-refractivity contribution in [3.8, 4) is 0 Å². The third-order valence-corrected chi connectivity index (χ3v) is 5.55. The third-order valence-electron chi connectivity index (χ3n) is 5.22. The molecular formula is C22H28ClN3O. The lowest BCUT2D eigenvalue weighted by atomic mass is 10.1. The van der Waals surface area contributed by atoms with E-state index in [9.17, 15) is 4.79 Å². The fourth-order valence-electron chi connectivity index (χ4n) is 3.62. The van der Waals surface area contributed by atoms with E-state index in [4.69, 9.17) is 11.6 Å². The molecule has 144 valence electrons. The minimum absolute atomic E-state index is 0.191. The molecule has 1 fully saturated rings. The quantitative estimate of drug-likeness (QED) is 0.655. The lowest BCUT2D eigenvalue weighted by molar-refractivity contribution is 0.102. The Bertz CT molecular complexity index is 759. The Morgan fingerprint density at radius 1 is 1.15 bits per heavy atom. The number of nitrogens with one attached hydrogen (secondary N) is 2. The zero-order valence-corrected chi connectivity index (χ0v) is 16.6. The van der Waals surface area contributed by atoms with Gasteiger partial charge in [0.25, 0.3) is 5.91 Å². The summed E-state index contributed by atoms with van der Waals surface area (Å²) in [4.78, 5) is 14.9. The first-order valence-corrected chi connectivity index (χ1v) is 10.1. The van der Waals surface area contributed by atoms with E-state index in [-0.39, 0.29) is 5.91 Å². The van der Waals surface area contributed by atoms with E-state index in [2.05, 4.69) is 28.6 Å². The summed E-state index contributed by atoms with van der Waals surface area (Å²) in [5, 5.41) is 6.89. The third kappa shape index (κ3) is 5.80. The predicted molar refractivity (Wildman–Crippen MR) is 112 cm³/mol. The molecule has 0 heterocycles. The molecular weight excluding hydrogens is 358 g/mol. The van der Waals surface area contributed by atoms with Gasteiger partial charge in [-0.05, 0) is 49.7 Å². The van der Waals surface area contributed by atoms with Gasteiger partial charge < -0.3 is 15.5 Å². The number of anilines is 1. The molecule has 2 aromatic rings. The summed E-state index contributed by atoms with van der Waals surface area (Å²) < 4.78 is 0. The molecule has 4 nitrogen and oxygen atoms in total. The molecule has 3 rings (SSSR count). The van der Waals surface area contributed by atoms with E-state index >= 15 is 0 Å². The molecule has 1 amide bonds. The Morgan fingerprint density at radius 2 is 1.93 bits per heavy atom. The summed E-state index contributed by atoms with van der Waals surface area (Å²) in [7, 11) is 2.22. The molecule has 5 heteroatoms. The molecule has 1 aliphatic rings. The van der Waals surface area contributed by atoms with Gasteiger partial charge in [-0.1, -0.05) is 48.7 Å². The molecule has 0 radical (unpaired) electrons. The van der Waals surface area contributed by atoms with Crippen LogP contribution in [-0.4, -0.2) is 37.0 Å². The predicted octanol–water partition coefficient (Wildman–Crippen LogP) is 4.56. The van der Waals surface area contributed by atoms with Crippen LogP contribution < -0.4 is 10.6 Å². The fourth-order valence-corrected chi connectivity index (χ4v) is 3.84. The number of benzene rings is 2. The Kier molecular flexibility index (Phi) is 7.27. The highest BCUT2D eigenvalue weighted by Gasteiger charge is 2.18. The van der Waals surface area contributed by atoms with Crippen LogP contribution in [0.25, 0.3) is 0 Å². The van der Waals surface area contributed by atoms with E-state index in [0.29, 0.717) is 10.6 Å². The molecule has 0 saturated heterocycles. The maximum atomic E-state index is 12.4. The van der Waals surface area contributed by atoms with Gasteiger partial charge >= 0.3 is 0 Å². The lowest BCUT2D eigenvalue weighted by Gasteiger charge is -2.24. The van der Waals surface area contributed by atoms with Gasteiger partial charge in [-0.15, -0.1) is 0 Å². The number of carbonyl (C=O) groups is 1. The van der Waals surface area contributed by atoms with E-state index in [1.54, 1.807) is 12.1 Å². The summed E-state index contributed by atoms with van der Waals surface area (Å²) in [6.45, 7) is 2.81. The van der Waals surface area contributed by atoms with Gasteiger partial charge in [-0.25, -0.2) is 0 Å². The Balaban J connectivity index is 1.47. The van der Waals surface area contributed by atoms with Crippen molar-refractivity contribution < 1.29 is 4.79 Å². The van der Waals surface area contributed by atoms with Gasteiger partial charge in [0.2, 0.25) is 0 Å². The van der Waals surface area contributed by atoms with Crippen molar-refractivity contribution in [1.29, 1.82) is 0 Å². The van der Waals surface area contributed by atoms with Crippen LogP contribution in [0.15, 0.2) is 48.5 Å². The highest BCUT2D eigenvalue weighted by atomic mass is 35.5. The average Bonchev–Trinajstić information content (AvgIpc) is 3.20. The highest BCUT2D eigenvalue weighted by Crippen LogP contribution is 2.22. The molecule has 2 aromatic carbocycles. The van der Waals surface area contributed by atoms with Crippen LogP contribution in [0.2, 0.25) is 5.02 Å². The van der Waals surface area contributed by atoms with Crippen molar-refractivity contribution in [3.63, 3.8) is 0 Å². The normalized spacial score (nSPS) is 14.6. The largest absolute Gasteiger partial charge is 0.322 e. The van der Waals surface area contributed by atoms with Crippen LogP contribution >= 0.6 is 11.6 Å². The first-order valence-electron chi connectivity index (χ1n) is 9.69. The number of carbonyl (C=O) groups excluding carboxylic acids is 1. The Morgan fingerprint density at radius 3 is 2.70 bits per heavy atom. The first-order chi connectivity index (χ1) is 13.1. The Labute approximate surface area is 166 Å². The minimum Gasteiger partial charge on any atom is -0.322 e. The zero-order valence-electron chi connectivity index (χ0n) is 15.9. The topological polar surface area (TPSA) is 44.4 Å². The summed E-state index contributed by atoms with van der Waals surface area (Å²) in [6.07, 6.45) is 5.41. The maximum absolute atomic E-state index is 12.4. The monoisotopic (exact) mass is 385 g/mol. The summed E-state index contributed by atoms with van der Waals surface area (Å²) in [6, 6.07) is 15.8. The van der Waals surface area contributed by atoms with Gasteiger partial charge in [0.15, 0.2) is 0 Å². The molecule has 0 aromatic heterocycles. The van der Waals surface area contributed by atoms with Crippen LogP contribution in [0.1, 0.15) is 41.6 Å². The molecule has 2 N–H and O–H groups in total. The van der Waals surface area contributed by atoms with Crippen molar-refractivity contribution in [2.24, 2.45) is 0 Å². The van der Waals surface area contributed by atoms with E-state index < -0.39 is 0 Å². The molecule has 0 aliphatic heterocycles. The Hall–Kier alpha value is -1.88. The van der Waals surface area contributed by atoms with Gasteiger partial charge in [0.05, 0.1) is 10.6 Å². The first kappa shape index (κ1) is 19.9. The SMILES string of the molecule is CN(CCNCc1cccc(NC(=O)c2ccccc2Cl)c1)C1CCCC1. The van der Waals surface area contributed by atoms with Crippen LogP contribution in [0.4, 0.5) is 5.69 Å². The molecule has 0 bridgehead atoms. The summed E-state index contributed by atoms with van der Waals surface area (Å²) >= 11 is 6.10. The van der Waals surface area contributed by atoms with Crippen LogP contribution in [0, 0.1) is 0 Å². The molecule has 1 aliphatic carbocycles. The van der Waals surface area contributed by atoms with Crippen molar-refractivity contribution in [2.45, 2.75) is 38.3 Å². The highest BCUT2D eigenvalue weighted by molar-refractivity contribution is 6.34. The second-order valence-corrected chi connectivity index (χ2v) is 7.64.